The van der Waals surface area contributed by atoms with Crippen LogP contribution in [0.5, 0.6) is 0 Å². The van der Waals surface area contributed by atoms with Crippen molar-refractivity contribution in [3.8, 4) is 0 Å². The van der Waals surface area contributed by atoms with Crippen molar-refractivity contribution in [1.82, 2.24) is 4.98 Å². The summed E-state index contributed by atoms with van der Waals surface area (Å²) in [4.78, 5) is 4.65. The van der Waals surface area contributed by atoms with Crippen molar-refractivity contribution >= 4 is 105 Å². The number of aromatic nitrogens is 1. The van der Waals surface area contributed by atoms with Crippen LogP contribution >= 0.6 is 6.89 Å². The maximum absolute atomic E-state index is 5.34. The number of nitrogens with zero attached hydrogens (tertiary/aromatic N) is 1. The van der Waals surface area contributed by atoms with Crippen LogP contribution in [0.4, 0.5) is 0 Å². The van der Waals surface area contributed by atoms with E-state index in [0.29, 0.717) is 0 Å². The van der Waals surface area contributed by atoms with Crippen LogP contribution in [-0.2, 0) is 0 Å². The van der Waals surface area contributed by atoms with E-state index in [-0.39, 0.29) is 0 Å². The van der Waals surface area contributed by atoms with E-state index in [9.17, 15) is 0 Å². The Labute approximate surface area is 254 Å². The average Bonchev–Trinajstić information content (AvgIpc) is 3.09. The van der Waals surface area contributed by atoms with Gasteiger partial charge in [0.15, 0.2) is 0 Å². The van der Waals surface area contributed by atoms with Gasteiger partial charge in [0.2, 0.25) is 0 Å². The lowest BCUT2D eigenvalue weighted by Crippen LogP contribution is -2.27. The van der Waals surface area contributed by atoms with Gasteiger partial charge in [-0.1, -0.05) is 128 Å². The molecule has 0 N–H and O–H groups in total. The largest absolute Gasteiger partial charge is 0.256 e. The lowest BCUT2D eigenvalue weighted by Gasteiger charge is -2.30. The number of fused-ring (bicyclic) bond motifs is 1. The van der Waals surface area contributed by atoms with E-state index < -0.39 is 6.89 Å². The van der Waals surface area contributed by atoms with Gasteiger partial charge in [-0.2, -0.15) is 0 Å². The molecule has 44 heavy (non-hydrogen) atoms. The summed E-state index contributed by atoms with van der Waals surface area (Å²) in [5.41, 5.74) is 1.01. The predicted octanol–water partition coefficient (Wildman–Crippen LogP) is 9.76. The minimum absolute atomic E-state index is 1.01. The average molecular weight is 576 g/mol. The molecule has 2 heteroatoms. The van der Waals surface area contributed by atoms with Crippen LogP contribution in [0.3, 0.4) is 0 Å². The van der Waals surface area contributed by atoms with E-state index in [1.165, 1.54) is 80.5 Å². The highest BCUT2D eigenvalue weighted by atomic mass is 31.2. The smallest absolute Gasteiger partial charge is 0.0702 e. The maximum atomic E-state index is 5.34. The summed E-state index contributed by atoms with van der Waals surface area (Å²) in [5.74, 6) is 0. The summed E-state index contributed by atoms with van der Waals surface area (Å²) in [6.45, 7) is -2.43. The van der Waals surface area contributed by atoms with Gasteiger partial charge in [0, 0.05) is 11.6 Å². The topological polar surface area (TPSA) is 12.9 Å². The van der Waals surface area contributed by atoms with Crippen molar-refractivity contribution in [2.75, 3.05) is 0 Å². The fraction of sp³-hybridized carbons (Fsp3) is 0. The van der Waals surface area contributed by atoms with Gasteiger partial charge in [-0.25, -0.2) is 0 Å². The van der Waals surface area contributed by atoms with E-state index in [2.05, 4.69) is 138 Å². The summed E-state index contributed by atoms with van der Waals surface area (Å²) in [5, 5.41) is 20.7. The summed E-state index contributed by atoms with van der Waals surface area (Å²) < 4.78 is 0. The van der Waals surface area contributed by atoms with Crippen molar-refractivity contribution in [2.45, 2.75) is 0 Å². The Bertz CT molecular complexity index is 2630. The van der Waals surface area contributed by atoms with Gasteiger partial charge in [0.25, 0.3) is 0 Å². The van der Waals surface area contributed by atoms with E-state index in [0.717, 1.165) is 10.9 Å². The molecule has 204 valence electrons. The molecule has 0 spiro atoms. The number of pyridine rings is 1. The van der Waals surface area contributed by atoms with Gasteiger partial charge in [-0.05, 0) is 106 Å². The second-order valence-corrected chi connectivity index (χ2v) is 15.2. The van der Waals surface area contributed by atoms with Crippen molar-refractivity contribution < 1.29 is 0 Å². The third-order valence-corrected chi connectivity index (χ3v) is 13.4. The molecule has 0 bridgehead atoms. The van der Waals surface area contributed by atoms with Gasteiger partial charge >= 0.3 is 0 Å². The quantitative estimate of drug-likeness (QED) is 0.151. The lowest BCUT2D eigenvalue weighted by molar-refractivity contribution is 1.42. The van der Waals surface area contributed by atoms with Crippen LogP contribution in [0, 0.1) is 0 Å². The first-order valence-electron chi connectivity index (χ1n) is 15.1. The van der Waals surface area contributed by atoms with E-state index in [1.54, 1.807) is 0 Å². The monoisotopic (exact) mass is 575 g/mol. The summed E-state index contributed by atoms with van der Waals surface area (Å²) in [7, 11) is 0. The van der Waals surface area contributed by atoms with Crippen molar-refractivity contribution in [1.29, 1.82) is 0 Å². The van der Waals surface area contributed by atoms with Crippen LogP contribution in [0.25, 0.3) is 75.5 Å². The van der Waals surface area contributed by atoms with Gasteiger partial charge in [-0.15, -0.1) is 0 Å². The van der Waals surface area contributed by atoms with Gasteiger partial charge < -0.3 is 0 Å². The Kier molecular flexibility index (Phi) is 4.77. The Balaban J connectivity index is 1.39. The Morgan fingerprint density at radius 2 is 0.864 bits per heavy atom. The highest BCUT2D eigenvalue weighted by Crippen LogP contribution is 2.49. The van der Waals surface area contributed by atoms with Gasteiger partial charge in [-0.3, -0.25) is 4.98 Å². The fourth-order valence-electron chi connectivity index (χ4n) is 7.81. The molecule has 9 aromatic carbocycles. The molecule has 0 fully saturated rings. The molecule has 0 unspecified atom stereocenters. The van der Waals surface area contributed by atoms with E-state index in [4.69, 9.17) is 6.30 Å². The molecule has 1 heterocycles. The van der Waals surface area contributed by atoms with Crippen LogP contribution < -0.4 is 15.9 Å². The third kappa shape index (κ3) is 3.12. The SMILES string of the molecule is C=P(c1ccc2ncccc2c1)(c1ccc2ccc3cccc4ccc1c2c34)c1ccc2ccc3cccc4ccc1c2c34. The van der Waals surface area contributed by atoms with Crippen LogP contribution in [0.1, 0.15) is 0 Å². The molecule has 0 amide bonds. The van der Waals surface area contributed by atoms with Crippen LogP contribution in [-0.4, -0.2) is 11.3 Å². The third-order valence-electron chi connectivity index (χ3n) is 9.86. The molecule has 1 nitrogen and oxygen atoms in total. The first-order chi connectivity index (χ1) is 21.7. The number of benzene rings is 9. The minimum Gasteiger partial charge on any atom is -0.256 e. The number of hydrogen-bond acceptors (Lipinski definition) is 1. The molecule has 0 saturated carbocycles. The molecule has 0 atom stereocenters. The second-order valence-electron chi connectivity index (χ2n) is 12.1. The molecule has 0 aliphatic rings. The van der Waals surface area contributed by atoms with Gasteiger partial charge in [0.1, 0.15) is 0 Å². The predicted molar refractivity (Wildman–Crippen MR) is 195 cm³/mol. The maximum Gasteiger partial charge on any atom is 0.0702 e. The van der Waals surface area contributed by atoms with Crippen molar-refractivity contribution in [3.63, 3.8) is 0 Å². The standard InChI is InChI=1S/C42H26NP/c1-44(33-18-21-36-32(25-33)9-4-24-43-36,37-22-16-30-12-10-26-5-2-7-28-14-19-34(37)41(30)39(26)28)38-23-17-31-13-11-27-6-3-8-29-15-20-35(38)42(31)40(27)29/h2-25H,1H2. The van der Waals surface area contributed by atoms with E-state index in [1.807, 2.05) is 12.3 Å². The Morgan fingerprint density at radius 1 is 0.409 bits per heavy atom. The van der Waals surface area contributed by atoms with Crippen LogP contribution in [0.15, 0.2) is 146 Å². The second kappa shape index (κ2) is 8.66. The molecule has 0 radical (unpaired) electrons. The first-order valence-corrected chi connectivity index (χ1v) is 17.1. The normalized spacial score (nSPS) is 12.6. The van der Waals surface area contributed by atoms with Crippen molar-refractivity contribution in [2.24, 2.45) is 0 Å². The molecular formula is C42H26NP. The summed E-state index contributed by atoms with van der Waals surface area (Å²) >= 11 is 0. The zero-order valence-electron chi connectivity index (χ0n) is 24.0. The fourth-order valence-corrected chi connectivity index (χ4v) is 11.2. The first kappa shape index (κ1) is 24.2. The molecule has 10 aromatic rings. The number of rotatable bonds is 3. The molecule has 0 saturated heterocycles. The molecule has 0 aliphatic heterocycles. The zero-order valence-corrected chi connectivity index (χ0v) is 24.9. The van der Waals surface area contributed by atoms with Crippen molar-refractivity contribution in [3.05, 3.63) is 146 Å². The molecule has 0 aliphatic carbocycles. The Morgan fingerprint density at radius 3 is 1.41 bits per heavy atom. The molecular weight excluding hydrogens is 549 g/mol. The highest BCUT2D eigenvalue weighted by Gasteiger charge is 2.28. The molecule has 10 rings (SSSR count). The van der Waals surface area contributed by atoms with Crippen LogP contribution in [0.2, 0.25) is 0 Å². The molecule has 1 aromatic heterocycles. The highest BCUT2D eigenvalue weighted by molar-refractivity contribution is 7.94. The summed E-state index contributed by atoms with van der Waals surface area (Å²) in [6, 6.07) is 52.0. The number of hydrogen-bond donors (Lipinski definition) is 0. The Hall–Kier alpha value is -5.23. The van der Waals surface area contributed by atoms with Gasteiger partial charge in [0.05, 0.1) is 5.52 Å². The minimum atomic E-state index is -2.43. The van der Waals surface area contributed by atoms with E-state index >= 15 is 0 Å². The zero-order chi connectivity index (χ0) is 29.0. The lowest BCUT2D eigenvalue weighted by atomic mass is 9.94. The summed E-state index contributed by atoms with van der Waals surface area (Å²) in [6.07, 6.45) is 7.21.